The molecule has 0 saturated carbocycles. The van der Waals surface area contributed by atoms with Gasteiger partial charge in [0.05, 0.1) is 12.2 Å². The molecule has 0 aromatic carbocycles. The Hall–Kier alpha value is -0.870. The first-order chi connectivity index (χ1) is 8.10. The van der Waals surface area contributed by atoms with Gasteiger partial charge in [-0.1, -0.05) is 20.8 Å². The highest BCUT2D eigenvalue weighted by molar-refractivity contribution is 4.95. The highest BCUT2D eigenvalue weighted by atomic mass is 16.5. The highest BCUT2D eigenvalue weighted by Crippen LogP contribution is 2.14. The molecule has 1 aromatic rings. The van der Waals surface area contributed by atoms with Gasteiger partial charge in [-0.2, -0.15) is 0 Å². The zero-order valence-electron chi connectivity index (χ0n) is 11.3. The standard InChI is InChI=1S/C13H24N2O2/c1-5-7-15-8-6-14-12(15)9-11(16)13(17-4)10(2)3/h6,8,10-11,13,16H,5,7,9H2,1-4H3. The van der Waals surface area contributed by atoms with Crippen LogP contribution in [0.5, 0.6) is 0 Å². The zero-order valence-corrected chi connectivity index (χ0v) is 11.3. The van der Waals surface area contributed by atoms with Crippen molar-refractivity contribution in [3.05, 3.63) is 18.2 Å². The van der Waals surface area contributed by atoms with Crippen molar-refractivity contribution < 1.29 is 9.84 Å². The summed E-state index contributed by atoms with van der Waals surface area (Å²) in [4.78, 5) is 4.30. The van der Waals surface area contributed by atoms with Crippen LogP contribution >= 0.6 is 0 Å². The fourth-order valence-electron chi connectivity index (χ4n) is 2.15. The molecular weight excluding hydrogens is 216 g/mol. The molecule has 1 N–H and O–H groups in total. The smallest absolute Gasteiger partial charge is 0.111 e. The third kappa shape index (κ3) is 3.82. The van der Waals surface area contributed by atoms with Crippen LogP contribution in [0, 0.1) is 5.92 Å². The maximum absolute atomic E-state index is 10.2. The summed E-state index contributed by atoms with van der Waals surface area (Å²) in [5.74, 6) is 1.23. The summed E-state index contributed by atoms with van der Waals surface area (Å²) in [6.45, 7) is 7.18. The van der Waals surface area contributed by atoms with E-state index in [0.717, 1.165) is 18.8 Å². The van der Waals surface area contributed by atoms with Crippen LogP contribution in [0.15, 0.2) is 12.4 Å². The van der Waals surface area contributed by atoms with E-state index in [1.54, 1.807) is 13.3 Å². The Kier molecular flexibility index (Phi) is 5.65. The molecule has 0 aliphatic carbocycles. The van der Waals surface area contributed by atoms with Crippen LogP contribution in [0.25, 0.3) is 0 Å². The number of rotatable bonds is 7. The van der Waals surface area contributed by atoms with Gasteiger partial charge in [0.25, 0.3) is 0 Å². The third-order valence-corrected chi connectivity index (χ3v) is 2.97. The van der Waals surface area contributed by atoms with Crippen molar-refractivity contribution in [2.45, 2.75) is 52.4 Å². The molecule has 0 spiro atoms. The molecule has 0 fully saturated rings. The topological polar surface area (TPSA) is 47.3 Å². The molecule has 2 unspecified atom stereocenters. The zero-order chi connectivity index (χ0) is 12.8. The average molecular weight is 240 g/mol. The lowest BCUT2D eigenvalue weighted by molar-refractivity contribution is -0.0378. The lowest BCUT2D eigenvalue weighted by Crippen LogP contribution is -2.35. The largest absolute Gasteiger partial charge is 0.390 e. The minimum absolute atomic E-state index is 0.137. The van der Waals surface area contributed by atoms with Gasteiger partial charge in [0, 0.05) is 32.5 Å². The van der Waals surface area contributed by atoms with Crippen LogP contribution in [-0.2, 0) is 17.7 Å². The minimum Gasteiger partial charge on any atom is -0.390 e. The van der Waals surface area contributed by atoms with Gasteiger partial charge in [-0.25, -0.2) is 4.98 Å². The summed E-state index contributed by atoms with van der Waals surface area (Å²) in [6.07, 6.45) is 4.72. The van der Waals surface area contributed by atoms with E-state index in [-0.39, 0.29) is 6.10 Å². The Morgan fingerprint density at radius 1 is 1.47 bits per heavy atom. The number of nitrogens with zero attached hydrogens (tertiary/aromatic N) is 2. The highest BCUT2D eigenvalue weighted by Gasteiger charge is 2.23. The monoisotopic (exact) mass is 240 g/mol. The Morgan fingerprint density at radius 2 is 2.18 bits per heavy atom. The number of aliphatic hydroxyl groups is 1. The number of ether oxygens (including phenoxy) is 1. The van der Waals surface area contributed by atoms with Crippen molar-refractivity contribution in [2.24, 2.45) is 5.92 Å². The fourth-order valence-corrected chi connectivity index (χ4v) is 2.15. The lowest BCUT2D eigenvalue weighted by atomic mass is 9.99. The number of aryl methyl sites for hydroxylation is 1. The molecule has 1 rings (SSSR count). The van der Waals surface area contributed by atoms with Crippen molar-refractivity contribution in [3.8, 4) is 0 Å². The van der Waals surface area contributed by atoms with Crippen molar-refractivity contribution in [1.29, 1.82) is 0 Å². The predicted octanol–water partition coefficient (Wildman–Crippen LogP) is 1.87. The molecule has 0 radical (unpaired) electrons. The van der Waals surface area contributed by atoms with Crippen LogP contribution in [0.1, 0.15) is 33.0 Å². The Labute approximate surface area is 104 Å². The molecule has 0 bridgehead atoms. The third-order valence-electron chi connectivity index (χ3n) is 2.97. The summed E-state index contributed by atoms with van der Waals surface area (Å²) < 4.78 is 7.43. The molecular formula is C13H24N2O2. The van der Waals surface area contributed by atoms with Crippen molar-refractivity contribution in [2.75, 3.05) is 7.11 Å². The van der Waals surface area contributed by atoms with E-state index in [0.29, 0.717) is 12.3 Å². The van der Waals surface area contributed by atoms with Crippen molar-refractivity contribution >= 4 is 0 Å². The van der Waals surface area contributed by atoms with E-state index >= 15 is 0 Å². The number of hydrogen-bond donors (Lipinski definition) is 1. The maximum atomic E-state index is 10.2. The summed E-state index contributed by atoms with van der Waals surface area (Å²) in [6, 6.07) is 0. The van der Waals surface area contributed by atoms with Gasteiger partial charge in [-0.05, 0) is 12.3 Å². The molecule has 0 saturated heterocycles. The van der Waals surface area contributed by atoms with Gasteiger partial charge in [0.1, 0.15) is 5.82 Å². The first-order valence-corrected chi connectivity index (χ1v) is 6.31. The molecule has 2 atom stereocenters. The van der Waals surface area contributed by atoms with Crippen LogP contribution in [-0.4, -0.2) is 34.0 Å². The molecule has 0 aliphatic rings. The minimum atomic E-state index is -0.502. The van der Waals surface area contributed by atoms with E-state index in [4.69, 9.17) is 4.74 Å². The second-order valence-electron chi connectivity index (χ2n) is 4.75. The number of aromatic nitrogens is 2. The Morgan fingerprint density at radius 3 is 2.71 bits per heavy atom. The summed E-state index contributed by atoms with van der Waals surface area (Å²) >= 11 is 0. The number of aliphatic hydroxyl groups excluding tert-OH is 1. The van der Waals surface area contributed by atoms with E-state index in [1.807, 2.05) is 6.20 Å². The van der Waals surface area contributed by atoms with Gasteiger partial charge in [0.15, 0.2) is 0 Å². The van der Waals surface area contributed by atoms with Crippen molar-refractivity contribution in [1.82, 2.24) is 9.55 Å². The molecule has 98 valence electrons. The van der Waals surface area contributed by atoms with Crippen LogP contribution in [0.2, 0.25) is 0 Å². The lowest BCUT2D eigenvalue weighted by Gasteiger charge is -2.24. The normalized spacial score (nSPS) is 15.2. The molecule has 17 heavy (non-hydrogen) atoms. The second-order valence-corrected chi connectivity index (χ2v) is 4.75. The van der Waals surface area contributed by atoms with E-state index < -0.39 is 6.10 Å². The van der Waals surface area contributed by atoms with Crippen LogP contribution < -0.4 is 0 Å². The van der Waals surface area contributed by atoms with Gasteiger partial charge in [-0.3, -0.25) is 0 Å². The second kappa shape index (κ2) is 6.77. The fraction of sp³-hybridized carbons (Fsp3) is 0.769. The average Bonchev–Trinajstić information content (AvgIpc) is 2.66. The van der Waals surface area contributed by atoms with Crippen molar-refractivity contribution in [3.63, 3.8) is 0 Å². The molecule has 1 aromatic heterocycles. The van der Waals surface area contributed by atoms with Gasteiger partial charge in [0.2, 0.25) is 0 Å². The number of imidazole rings is 1. The van der Waals surface area contributed by atoms with Crippen LogP contribution in [0.3, 0.4) is 0 Å². The van der Waals surface area contributed by atoms with Gasteiger partial charge < -0.3 is 14.4 Å². The number of hydrogen-bond acceptors (Lipinski definition) is 3. The molecule has 1 heterocycles. The Balaban J connectivity index is 2.66. The molecule has 0 amide bonds. The van der Waals surface area contributed by atoms with E-state index in [2.05, 4.69) is 30.3 Å². The van der Waals surface area contributed by atoms with E-state index in [1.165, 1.54) is 0 Å². The van der Waals surface area contributed by atoms with E-state index in [9.17, 15) is 5.11 Å². The summed E-state index contributed by atoms with van der Waals surface area (Å²) in [7, 11) is 1.65. The molecule has 0 aliphatic heterocycles. The molecule has 4 nitrogen and oxygen atoms in total. The van der Waals surface area contributed by atoms with Crippen LogP contribution in [0.4, 0.5) is 0 Å². The quantitative estimate of drug-likeness (QED) is 0.791. The summed E-state index contributed by atoms with van der Waals surface area (Å²) in [5.41, 5.74) is 0. The predicted molar refractivity (Wildman–Crippen MR) is 67.9 cm³/mol. The first kappa shape index (κ1) is 14.2. The molecule has 4 heteroatoms. The Bertz CT molecular complexity index is 323. The van der Waals surface area contributed by atoms with Gasteiger partial charge >= 0.3 is 0 Å². The van der Waals surface area contributed by atoms with Gasteiger partial charge in [-0.15, -0.1) is 0 Å². The maximum Gasteiger partial charge on any atom is 0.111 e. The summed E-state index contributed by atoms with van der Waals surface area (Å²) in [5, 5.41) is 10.2. The first-order valence-electron chi connectivity index (χ1n) is 6.31. The SMILES string of the molecule is CCCn1ccnc1CC(O)C(OC)C(C)C. The number of methoxy groups -OCH3 is 1.